The van der Waals surface area contributed by atoms with Crippen molar-refractivity contribution in [2.24, 2.45) is 4.99 Å². The van der Waals surface area contributed by atoms with Gasteiger partial charge in [0.1, 0.15) is 12.4 Å². The van der Waals surface area contributed by atoms with Crippen LogP contribution in [0.25, 0.3) is 6.08 Å². The van der Waals surface area contributed by atoms with E-state index in [-0.39, 0.29) is 34.3 Å². The number of amides is 2. The maximum Gasteiger partial charge on any atom is 0.286 e. The average molecular weight is 449 g/mol. The number of aliphatic imine (C=N–C) groups is 1. The van der Waals surface area contributed by atoms with E-state index in [2.05, 4.69) is 10.3 Å². The van der Waals surface area contributed by atoms with Crippen LogP contribution in [0.4, 0.5) is 4.39 Å². The smallest absolute Gasteiger partial charge is 0.286 e. The van der Waals surface area contributed by atoms with Crippen LogP contribution in [0.5, 0.6) is 11.5 Å². The molecule has 0 fully saturated rings. The molecule has 6 nitrogen and oxygen atoms in total. The Bertz CT molecular complexity index is 1060. The largest absolute Gasteiger partial charge is 0.490 e. The highest BCUT2D eigenvalue weighted by Gasteiger charge is 2.23. The van der Waals surface area contributed by atoms with Crippen LogP contribution in [0.3, 0.4) is 0 Å². The van der Waals surface area contributed by atoms with E-state index in [1.165, 1.54) is 13.0 Å². The Hall–Kier alpha value is -2.84. The van der Waals surface area contributed by atoms with Crippen molar-refractivity contribution in [2.45, 2.75) is 20.5 Å². The van der Waals surface area contributed by atoms with E-state index < -0.39 is 5.91 Å². The van der Waals surface area contributed by atoms with Gasteiger partial charge in [0.2, 0.25) is 5.91 Å². The van der Waals surface area contributed by atoms with Crippen molar-refractivity contribution in [2.75, 3.05) is 6.61 Å². The number of hydrogen-bond acceptors (Lipinski definition) is 5. The molecule has 0 spiro atoms. The van der Waals surface area contributed by atoms with Crippen LogP contribution in [0.2, 0.25) is 5.02 Å². The minimum absolute atomic E-state index is 0.0187. The second kappa shape index (κ2) is 9.77. The molecule has 0 aromatic heterocycles. The zero-order valence-electron chi connectivity index (χ0n) is 16.2. The second-order valence-corrected chi connectivity index (χ2v) is 7.59. The van der Waals surface area contributed by atoms with Crippen LogP contribution in [-0.4, -0.2) is 23.6 Å². The molecule has 2 aromatic rings. The first-order valence-electron chi connectivity index (χ1n) is 9.00. The van der Waals surface area contributed by atoms with E-state index in [9.17, 15) is 14.0 Å². The molecule has 0 unspecified atom stereocenters. The fourth-order valence-electron chi connectivity index (χ4n) is 2.60. The maximum absolute atomic E-state index is 13.9. The number of nitrogens with zero attached hydrogens (tertiary/aromatic N) is 1. The summed E-state index contributed by atoms with van der Waals surface area (Å²) in [6.07, 6.45) is 1.60. The van der Waals surface area contributed by atoms with Crippen LogP contribution >= 0.6 is 23.4 Å². The number of nitrogens with one attached hydrogen (secondary N) is 1. The standard InChI is InChI=1S/C21H18ClFN2O4S/c1-3-28-17-9-13(10-18-20(27)25-21(30-18)24-12(2)26)8-15(22)19(17)29-11-14-6-4-5-7-16(14)23/h4-10H,3,11H2,1-2H3,(H,24,25,26,27)/b18-10+. The summed E-state index contributed by atoms with van der Waals surface area (Å²) in [6.45, 7) is 3.48. The third kappa shape index (κ3) is 5.40. The van der Waals surface area contributed by atoms with Crippen molar-refractivity contribution in [1.82, 2.24) is 5.32 Å². The summed E-state index contributed by atoms with van der Waals surface area (Å²) in [5.41, 5.74) is 0.981. The van der Waals surface area contributed by atoms with Crippen LogP contribution in [0.15, 0.2) is 46.3 Å². The first-order chi connectivity index (χ1) is 14.4. The van der Waals surface area contributed by atoms with Gasteiger partial charge in [-0.3, -0.25) is 9.59 Å². The molecule has 9 heteroatoms. The molecule has 2 amide bonds. The zero-order chi connectivity index (χ0) is 21.7. The average Bonchev–Trinajstić information content (AvgIpc) is 3.00. The van der Waals surface area contributed by atoms with Gasteiger partial charge in [-0.1, -0.05) is 29.8 Å². The molecule has 1 aliphatic rings. The number of rotatable bonds is 6. The van der Waals surface area contributed by atoms with Gasteiger partial charge in [-0.25, -0.2) is 4.39 Å². The molecule has 0 saturated heterocycles. The molecular weight excluding hydrogens is 431 g/mol. The first-order valence-corrected chi connectivity index (χ1v) is 10.2. The molecule has 0 saturated carbocycles. The monoisotopic (exact) mass is 448 g/mol. The first kappa shape index (κ1) is 21.9. The number of halogens is 2. The van der Waals surface area contributed by atoms with E-state index in [0.29, 0.717) is 28.4 Å². The number of carbonyl (C=O) groups excluding carboxylic acids is 2. The highest BCUT2D eigenvalue weighted by Crippen LogP contribution is 2.39. The third-order valence-electron chi connectivity index (χ3n) is 3.86. The molecule has 1 aliphatic heterocycles. The SMILES string of the molecule is CCOc1cc(/C=C2/SC(NC(C)=O)=NC2=O)cc(Cl)c1OCc1ccccc1F. The van der Waals surface area contributed by atoms with Gasteiger partial charge in [-0.05, 0) is 48.5 Å². The van der Waals surface area contributed by atoms with Crippen LogP contribution in [-0.2, 0) is 16.2 Å². The van der Waals surface area contributed by atoms with Crippen LogP contribution < -0.4 is 14.8 Å². The van der Waals surface area contributed by atoms with Crippen molar-refractivity contribution in [3.8, 4) is 11.5 Å². The normalized spacial score (nSPS) is 14.6. The highest BCUT2D eigenvalue weighted by molar-refractivity contribution is 8.18. The topological polar surface area (TPSA) is 77.0 Å². The molecule has 30 heavy (non-hydrogen) atoms. The number of amidine groups is 1. The summed E-state index contributed by atoms with van der Waals surface area (Å²) in [5, 5.41) is 2.96. The fourth-order valence-corrected chi connectivity index (χ4v) is 3.74. The molecule has 0 bridgehead atoms. The van der Waals surface area contributed by atoms with Crippen LogP contribution in [0.1, 0.15) is 25.0 Å². The summed E-state index contributed by atoms with van der Waals surface area (Å²) in [5.74, 6) is -0.498. The van der Waals surface area contributed by atoms with Gasteiger partial charge in [0.25, 0.3) is 5.91 Å². The Balaban J connectivity index is 1.84. The van der Waals surface area contributed by atoms with Crippen molar-refractivity contribution in [3.63, 3.8) is 0 Å². The predicted octanol–water partition coefficient (Wildman–Crippen LogP) is 4.56. The van der Waals surface area contributed by atoms with Crippen LogP contribution in [0, 0.1) is 5.82 Å². The quantitative estimate of drug-likeness (QED) is 0.655. The van der Waals surface area contributed by atoms with Crippen molar-refractivity contribution < 1.29 is 23.5 Å². The minimum Gasteiger partial charge on any atom is -0.490 e. The fraction of sp³-hybridized carbons (Fsp3) is 0.190. The Labute approximate surface area is 182 Å². The lowest BCUT2D eigenvalue weighted by molar-refractivity contribution is -0.117. The van der Waals surface area contributed by atoms with Gasteiger partial charge in [0.05, 0.1) is 16.5 Å². The molecular formula is C21H18ClFN2O4S. The second-order valence-electron chi connectivity index (χ2n) is 6.16. The van der Waals surface area contributed by atoms with Gasteiger partial charge in [0, 0.05) is 12.5 Å². The van der Waals surface area contributed by atoms with Crippen molar-refractivity contribution in [3.05, 3.63) is 63.3 Å². The maximum atomic E-state index is 13.9. The summed E-state index contributed by atoms with van der Waals surface area (Å²) >= 11 is 7.44. The summed E-state index contributed by atoms with van der Waals surface area (Å²) in [6, 6.07) is 9.57. The molecule has 2 aromatic carbocycles. The van der Waals surface area contributed by atoms with E-state index in [1.807, 2.05) is 6.92 Å². The van der Waals surface area contributed by atoms with Gasteiger partial charge in [-0.2, -0.15) is 4.99 Å². The minimum atomic E-state index is -0.460. The number of hydrogen-bond donors (Lipinski definition) is 1. The van der Waals surface area contributed by atoms with Gasteiger partial charge < -0.3 is 14.8 Å². The highest BCUT2D eigenvalue weighted by atomic mass is 35.5. The lowest BCUT2D eigenvalue weighted by Gasteiger charge is -2.15. The molecule has 0 radical (unpaired) electrons. The van der Waals surface area contributed by atoms with Gasteiger partial charge in [-0.15, -0.1) is 0 Å². The van der Waals surface area contributed by atoms with Crippen molar-refractivity contribution >= 4 is 46.4 Å². The Morgan fingerprint density at radius 2 is 2.07 bits per heavy atom. The van der Waals surface area contributed by atoms with Gasteiger partial charge in [0.15, 0.2) is 16.7 Å². The van der Waals surface area contributed by atoms with Gasteiger partial charge >= 0.3 is 0 Å². The molecule has 1 N–H and O–H groups in total. The number of carbonyl (C=O) groups is 2. The molecule has 0 atom stereocenters. The molecule has 3 rings (SSSR count). The van der Waals surface area contributed by atoms with E-state index >= 15 is 0 Å². The van der Waals surface area contributed by atoms with E-state index in [0.717, 1.165) is 11.8 Å². The Morgan fingerprint density at radius 3 is 2.77 bits per heavy atom. The lowest BCUT2D eigenvalue weighted by Crippen LogP contribution is -2.23. The van der Waals surface area contributed by atoms with Crippen molar-refractivity contribution in [1.29, 1.82) is 0 Å². The van der Waals surface area contributed by atoms with E-state index in [1.54, 1.807) is 36.4 Å². The molecule has 0 aliphatic carbocycles. The van der Waals surface area contributed by atoms with E-state index in [4.69, 9.17) is 21.1 Å². The summed E-state index contributed by atoms with van der Waals surface area (Å²) < 4.78 is 25.2. The summed E-state index contributed by atoms with van der Waals surface area (Å²) in [7, 11) is 0. The number of ether oxygens (including phenoxy) is 2. The lowest BCUT2D eigenvalue weighted by atomic mass is 10.1. The third-order valence-corrected chi connectivity index (χ3v) is 5.04. The Kier molecular flexibility index (Phi) is 7.12. The number of benzene rings is 2. The number of thioether (sulfide) groups is 1. The summed E-state index contributed by atoms with van der Waals surface area (Å²) in [4.78, 5) is 27.3. The Morgan fingerprint density at radius 1 is 1.30 bits per heavy atom. The molecule has 156 valence electrons. The predicted molar refractivity (Wildman–Crippen MR) is 115 cm³/mol. The molecule has 1 heterocycles. The zero-order valence-corrected chi connectivity index (χ0v) is 17.8.